The molecule has 0 aliphatic carbocycles. The van der Waals surface area contributed by atoms with Crippen LogP contribution in [0.25, 0.3) is 0 Å². The number of piperidine rings is 1. The van der Waals surface area contributed by atoms with E-state index in [0.717, 1.165) is 43.7 Å². The molecule has 0 spiro atoms. The van der Waals surface area contributed by atoms with Crippen molar-refractivity contribution in [1.82, 2.24) is 19.7 Å². The lowest BCUT2D eigenvalue weighted by molar-refractivity contribution is 0.0696. The molecular weight excluding hydrogens is 520 g/mol. The molecule has 2 atom stereocenters. The fraction of sp³-hybridized carbons (Fsp3) is 0.406. The fourth-order valence-electron chi connectivity index (χ4n) is 5.86. The second kappa shape index (κ2) is 12.7. The van der Waals surface area contributed by atoms with Gasteiger partial charge in [0.2, 0.25) is 5.88 Å². The van der Waals surface area contributed by atoms with Crippen molar-refractivity contribution >= 4 is 12.0 Å². The van der Waals surface area contributed by atoms with Gasteiger partial charge >= 0.3 is 12.0 Å². The number of carbonyl (C=O) groups excluding carboxylic acids is 1. The van der Waals surface area contributed by atoms with E-state index in [1.165, 1.54) is 17.7 Å². The number of carboxylic acids is 1. The molecule has 41 heavy (non-hydrogen) atoms. The number of aromatic nitrogens is 1. The largest absolute Gasteiger partial charge is 0.478 e. The normalized spacial score (nSPS) is 19.0. The zero-order valence-corrected chi connectivity index (χ0v) is 23.9. The average molecular weight is 559 g/mol. The number of methoxy groups -OCH3 is 1. The molecule has 9 heteroatoms. The van der Waals surface area contributed by atoms with Crippen LogP contribution in [0.15, 0.2) is 66.7 Å². The first-order chi connectivity index (χ1) is 19.8. The van der Waals surface area contributed by atoms with Gasteiger partial charge in [0.15, 0.2) is 0 Å². The molecular formula is C32H38N4O5. The molecule has 0 bridgehead atoms. The van der Waals surface area contributed by atoms with Gasteiger partial charge in [-0.1, -0.05) is 36.4 Å². The van der Waals surface area contributed by atoms with Gasteiger partial charge in [0.25, 0.3) is 0 Å². The van der Waals surface area contributed by atoms with E-state index >= 15 is 0 Å². The number of amides is 2. The van der Waals surface area contributed by atoms with E-state index in [-0.39, 0.29) is 29.7 Å². The Morgan fingerprint density at radius 2 is 1.76 bits per heavy atom. The molecule has 2 saturated heterocycles. The van der Waals surface area contributed by atoms with E-state index in [4.69, 9.17) is 14.6 Å². The van der Waals surface area contributed by atoms with Crippen molar-refractivity contribution in [3.63, 3.8) is 0 Å². The van der Waals surface area contributed by atoms with E-state index in [9.17, 15) is 9.59 Å². The molecule has 2 fully saturated rings. The fourth-order valence-corrected chi connectivity index (χ4v) is 5.86. The van der Waals surface area contributed by atoms with Crippen molar-refractivity contribution in [2.75, 3.05) is 33.4 Å². The topological polar surface area (TPSA) is 95.4 Å². The number of urea groups is 1. The molecule has 3 heterocycles. The molecule has 1 N–H and O–H groups in total. The Kier molecular flexibility index (Phi) is 8.85. The lowest BCUT2D eigenvalue weighted by Gasteiger charge is -2.39. The summed E-state index contributed by atoms with van der Waals surface area (Å²) in [6.07, 6.45) is 1.84. The average Bonchev–Trinajstić information content (AvgIpc) is 3.33. The molecule has 0 saturated carbocycles. The van der Waals surface area contributed by atoms with Crippen molar-refractivity contribution in [2.24, 2.45) is 0 Å². The summed E-state index contributed by atoms with van der Waals surface area (Å²) in [5, 5.41) is 9.07. The van der Waals surface area contributed by atoms with Gasteiger partial charge in [0.05, 0.1) is 24.3 Å². The van der Waals surface area contributed by atoms with E-state index in [0.29, 0.717) is 24.8 Å². The second-order valence-corrected chi connectivity index (χ2v) is 10.9. The zero-order chi connectivity index (χ0) is 28.9. The van der Waals surface area contributed by atoms with Gasteiger partial charge < -0.3 is 24.4 Å². The number of carbonyl (C=O) groups is 2. The van der Waals surface area contributed by atoms with Crippen LogP contribution < -0.4 is 4.74 Å². The number of rotatable bonds is 10. The molecule has 1 aromatic heterocycles. The summed E-state index contributed by atoms with van der Waals surface area (Å²) < 4.78 is 11.2. The summed E-state index contributed by atoms with van der Waals surface area (Å²) >= 11 is 0. The van der Waals surface area contributed by atoms with Crippen molar-refractivity contribution in [1.29, 1.82) is 0 Å². The highest BCUT2D eigenvalue weighted by Crippen LogP contribution is 2.36. The summed E-state index contributed by atoms with van der Waals surface area (Å²) in [5.74, 6) is 0.0394. The van der Waals surface area contributed by atoms with Crippen LogP contribution in [0.1, 0.15) is 53.0 Å². The minimum atomic E-state index is -0.972. The number of benzene rings is 2. The third-order valence-corrected chi connectivity index (χ3v) is 8.13. The van der Waals surface area contributed by atoms with E-state index < -0.39 is 5.97 Å². The highest BCUT2D eigenvalue weighted by Gasteiger charge is 2.44. The Hall–Kier alpha value is -3.95. The van der Waals surface area contributed by atoms with Crippen LogP contribution in [0.5, 0.6) is 11.6 Å². The van der Waals surface area contributed by atoms with Crippen LogP contribution in [-0.4, -0.2) is 82.2 Å². The Bertz CT molecular complexity index is 1340. The van der Waals surface area contributed by atoms with Gasteiger partial charge in [0, 0.05) is 51.1 Å². The zero-order valence-electron chi connectivity index (χ0n) is 23.9. The molecule has 2 aromatic carbocycles. The number of pyridine rings is 1. The SMILES string of the molecule is COC[C@@H](C)N1CC(c2ccccc2)N(C2CCN(Cc3ccc(Oc4ccc(C(=O)O)cc4)nc3C)CC2)C1=O. The Morgan fingerprint density at radius 3 is 2.39 bits per heavy atom. The lowest BCUT2D eigenvalue weighted by Crippen LogP contribution is -2.48. The number of likely N-dealkylation sites (tertiary alicyclic amines) is 1. The van der Waals surface area contributed by atoms with Gasteiger partial charge in [-0.25, -0.2) is 14.6 Å². The highest BCUT2D eigenvalue weighted by atomic mass is 16.5. The Labute approximate surface area is 241 Å². The lowest BCUT2D eigenvalue weighted by atomic mass is 9.98. The smallest absolute Gasteiger partial charge is 0.335 e. The quantitative estimate of drug-likeness (QED) is 0.358. The van der Waals surface area contributed by atoms with Crippen LogP contribution in [0.4, 0.5) is 4.79 Å². The standard InChI is InChI=1S/C32H38N4O5/c1-22(21-40-3)35-20-29(24-7-5-4-6-8-24)36(32(35)39)27-15-17-34(18-16-27)19-26-11-14-30(33-23(26)2)41-28-12-9-25(10-13-28)31(37)38/h4-14,22,27,29H,15-21H2,1-3H3,(H,37,38)/t22-,29?/m1/s1. The highest BCUT2D eigenvalue weighted by molar-refractivity contribution is 5.87. The Balaban J connectivity index is 1.21. The number of hydrogen-bond acceptors (Lipinski definition) is 6. The van der Waals surface area contributed by atoms with Crippen molar-refractivity contribution in [3.05, 3.63) is 89.1 Å². The second-order valence-electron chi connectivity index (χ2n) is 10.9. The third kappa shape index (κ3) is 6.52. The first-order valence-corrected chi connectivity index (χ1v) is 14.2. The van der Waals surface area contributed by atoms with Gasteiger partial charge in [-0.15, -0.1) is 0 Å². The monoisotopic (exact) mass is 558 g/mol. The number of aryl methyl sites for hydroxylation is 1. The molecule has 2 aliphatic heterocycles. The van der Waals surface area contributed by atoms with Crippen molar-refractivity contribution in [2.45, 2.75) is 51.4 Å². The van der Waals surface area contributed by atoms with Gasteiger partial charge in [-0.3, -0.25) is 4.90 Å². The summed E-state index contributed by atoms with van der Waals surface area (Å²) in [5.41, 5.74) is 3.42. The van der Waals surface area contributed by atoms with Gasteiger partial charge in [0.1, 0.15) is 5.75 Å². The predicted octanol–water partition coefficient (Wildman–Crippen LogP) is 5.36. The number of aromatic carboxylic acids is 1. The van der Waals surface area contributed by atoms with Gasteiger partial charge in [-0.2, -0.15) is 0 Å². The molecule has 9 nitrogen and oxygen atoms in total. The maximum Gasteiger partial charge on any atom is 0.335 e. The van der Waals surface area contributed by atoms with Crippen LogP contribution in [0.2, 0.25) is 0 Å². The third-order valence-electron chi connectivity index (χ3n) is 8.13. The molecule has 216 valence electrons. The minimum absolute atomic E-state index is 0.0235. The van der Waals surface area contributed by atoms with Gasteiger partial charge in [-0.05, 0) is 62.1 Å². The summed E-state index contributed by atoms with van der Waals surface area (Å²) in [6.45, 7) is 7.81. The van der Waals surface area contributed by atoms with Crippen molar-refractivity contribution < 1.29 is 24.2 Å². The molecule has 0 radical (unpaired) electrons. The van der Waals surface area contributed by atoms with Crippen LogP contribution in [0, 0.1) is 6.92 Å². The summed E-state index contributed by atoms with van der Waals surface area (Å²) in [4.78, 5) is 35.9. The first kappa shape index (κ1) is 28.6. The van der Waals surface area contributed by atoms with Crippen LogP contribution in [0.3, 0.4) is 0 Å². The number of ether oxygens (including phenoxy) is 2. The molecule has 2 amide bonds. The molecule has 3 aromatic rings. The van der Waals surface area contributed by atoms with E-state index in [1.54, 1.807) is 19.2 Å². The van der Waals surface area contributed by atoms with E-state index in [1.807, 2.05) is 42.2 Å². The minimum Gasteiger partial charge on any atom is -0.478 e. The van der Waals surface area contributed by atoms with Crippen LogP contribution >= 0.6 is 0 Å². The summed E-state index contributed by atoms with van der Waals surface area (Å²) in [6, 6.07) is 20.9. The Morgan fingerprint density at radius 1 is 1.05 bits per heavy atom. The summed E-state index contributed by atoms with van der Waals surface area (Å²) in [7, 11) is 1.68. The number of hydrogen-bond donors (Lipinski definition) is 1. The molecule has 5 rings (SSSR count). The van der Waals surface area contributed by atoms with Crippen LogP contribution in [-0.2, 0) is 11.3 Å². The van der Waals surface area contributed by atoms with E-state index in [2.05, 4.69) is 33.8 Å². The van der Waals surface area contributed by atoms with Crippen molar-refractivity contribution in [3.8, 4) is 11.6 Å². The maximum absolute atomic E-state index is 13.7. The first-order valence-electron chi connectivity index (χ1n) is 14.2. The molecule has 2 aliphatic rings. The number of nitrogens with zero attached hydrogens (tertiary/aromatic N) is 4. The predicted molar refractivity (Wildman–Crippen MR) is 155 cm³/mol. The number of carboxylic acid groups (broad SMARTS) is 1. The molecule has 1 unspecified atom stereocenters. The maximum atomic E-state index is 13.7.